The SMILES string of the molecule is COc1ccc(C(=O)NCCNS(=O)(=O)c2ccc3ccccc3c2)cc1OC. The third-order valence-corrected chi connectivity index (χ3v) is 5.84. The fraction of sp³-hybridized carbons (Fsp3) is 0.190. The summed E-state index contributed by atoms with van der Waals surface area (Å²) < 4.78 is 37.8. The van der Waals surface area contributed by atoms with Crippen LogP contribution in [0.1, 0.15) is 10.4 Å². The van der Waals surface area contributed by atoms with E-state index in [1.807, 2.05) is 24.3 Å². The van der Waals surface area contributed by atoms with Crippen molar-refractivity contribution in [3.63, 3.8) is 0 Å². The summed E-state index contributed by atoms with van der Waals surface area (Å²) in [5.74, 6) is 0.625. The first kappa shape index (κ1) is 20.6. The molecular weight excluding hydrogens is 392 g/mol. The molecule has 0 aliphatic carbocycles. The van der Waals surface area contributed by atoms with Gasteiger partial charge in [0, 0.05) is 18.7 Å². The standard InChI is InChI=1S/C21H22N2O5S/c1-27-19-10-8-17(14-20(19)28-2)21(24)22-11-12-23-29(25,26)18-9-7-15-5-3-4-6-16(15)13-18/h3-10,13-14,23H,11-12H2,1-2H3,(H,22,24). The molecule has 152 valence electrons. The molecule has 0 heterocycles. The van der Waals surface area contributed by atoms with E-state index in [1.165, 1.54) is 14.2 Å². The van der Waals surface area contributed by atoms with E-state index >= 15 is 0 Å². The molecule has 0 aliphatic rings. The molecule has 0 radical (unpaired) electrons. The van der Waals surface area contributed by atoms with Crippen LogP contribution in [0.4, 0.5) is 0 Å². The van der Waals surface area contributed by atoms with E-state index in [1.54, 1.807) is 36.4 Å². The van der Waals surface area contributed by atoms with Gasteiger partial charge in [0.25, 0.3) is 5.91 Å². The lowest BCUT2D eigenvalue weighted by Crippen LogP contribution is -2.34. The number of amides is 1. The molecule has 3 rings (SSSR count). The molecule has 0 fully saturated rings. The Morgan fingerprint density at radius 1 is 0.862 bits per heavy atom. The lowest BCUT2D eigenvalue weighted by Gasteiger charge is -2.11. The number of sulfonamides is 1. The predicted molar refractivity (Wildman–Crippen MR) is 111 cm³/mol. The van der Waals surface area contributed by atoms with Gasteiger partial charge in [-0.2, -0.15) is 0 Å². The first-order valence-electron chi connectivity index (χ1n) is 8.93. The minimum absolute atomic E-state index is 0.0637. The maximum atomic E-state index is 12.5. The summed E-state index contributed by atoms with van der Waals surface area (Å²) in [4.78, 5) is 12.5. The summed E-state index contributed by atoms with van der Waals surface area (Å²) in [7, 11) is -0.671. The topological polar surface area (TPSA) is 93.7 Å². The first-order chi connectivity index (χ1) is 13.9. The lowest BCUT2D eigenvalue weighted by atomic mass is 10.1. The summed E-state index contributed by atoms with van der Waals surface area (Å²) in [5, 5.41) is 4.49. The number of benzene rings is 3. The molecule has 0 unspecified atom stereocenters. The normalized spacial score (nSPS) is 11.2. The predicted octanol–water partition coefficient (Wildman–Crippen LogP) is 2.57. The van der Waals surface area contributed by atoms with E-state index in [0.717, 1.165) is 10.8 Å². The molecule has 7 nitrogen and oxygen atoms in total. The number of nitrogens with one attached hydrogen (secondary N) is 2. The van der Waals surface area contributed by atoms with Crippen molar-refractivity contribution in [2.75, 3.05) is 27.3 Å². The minimum Gasteiger partial charge on any atom is -0.493 e. The van der Waals surface area contributed by atoms with Crippen molar-refractivity contribution in [3.8, 4) is 11.5 Å². The highest BCUT2D eigenvalue weighted by atomic mass is 32.2. The van der Waals surface area contributed by atoms with Gasteiger partial charge in [0.05, 0.1) is 19.1 Å². The molecular formula is C21H22N2O5S. The summed E-state index contributed by atoms with van der Waals surface area (Å²) in [5.41, 5.74) is 0.389. The molecule has 2 N–H and O–H groups in total. The van der Waals surface area contributed by atoms with Gasteiger partial charge in [0.15, 0.2) is 11.5 Å². The Balaban J connectivity index is 1.58. The molecule has 0 atom stereocenters. The Kier molecular flexibility index (Phi) is 6.36. The number of hydrogen-bond acceptors (Lipinski definition) is 5. The van der Waals surface area contributed by atoms with Crippen LogP contribution in [0.15, 0.2) is 65.6 Å². The van der Waals surface area contributed by atoms with Gasteiger partial charge in [-0.25, -0.2) is 13.1 Å². The first-order valence-corrected chi connectivity index (χ1v) is 10.4. The molecule has 0 aliphatic heterocycles. The Labute approximate surface area is 169 Å². The number of hydrogen-bond donors (Lipinski definition) is 2. The second-order valence-corrected chi connectivity index (χ2v) is 8.00. The van der Waals surface area contributed by atoms with Gasteiger partial charge in [0.2, 0.25) is 10.0 Å². The van der Waals surface area contributed by atoms with Crippen molar-refractivity contribution in [3.05, 3.63) is 66.2 Å². The van der Waals surface area contributed by atoms with Crippen LogP contribution in [0.25, 0.3) is 10.8 Å². The zero-order valence-corrected chi connectivity index (χ0v) is 17.0. The lowest BCUT2D eigenvalue weighted by molar-refractivity contribution is 0.0954. The van der Waals surface area contributed by atoms with Crippen LogP contribution < -0.4 is 19.5 Å². The van der Waals surface area contributed by atoms with Gasteiger partial charge in [-0.1, -0.05) is 30.3 Å². The van der Waals surface area contributed by atoms with Crippen LogP contribution in [0, 0.1) is 0 Å². The Morgan fingerprint density at radius 3 is 2.31 bits per heavy atom. The summed E-state index contributed by atoms with van der Waals surface area (Å²) >= 11 is 0. The maximum absolute atomic E-state index is 12.5. The molecule has 29 heavy (non-hydrogen) atoms. The molecule has 0 saturated carbocycles. The number of fused-ring (bicyclic) bond motifs is 1. The van der Waals surface area contributed by atoms with E-state index < -0.39 is 10.0 Å². The van der Waals surface area contributed by atoms with Crippen LogP contribution in [0.2, 0.25) is 0 Å². The number of carbonyl (C=O) groups excluding carboxylic acids is 1. The molecule has 8 heteroatoms. The van der Waals surface area contributed by atoms with Crippen molar-refractivity contribution < 1.29 is 22.7 Å². The Hall–Kier alpha value is -3.10. The van der Waals surface area contributed by atoms with E-state index in [0.29, 0.717) is 17.1 Å². The van der Waals surface area contributed by atoms with E-state index in [-0.39, 0.29) is 23.9 Å². The van der Waals surface area contributed by atoms with Crippen LogP contribution in [-0.2, 0) is 10.0 Å². The summed E-state index contributed by atoms with van der Waals surface area (Å²) in [6.07, 6.45) is 0. The van der Waals surface area contributed by atoms with Gasteiger partial charge in [-0.3, -0.25) is 4.79 Å². The average molecular weight is 414 g/mol. The average Bonchev–Trinajstić information content (AvgIpc) is 2.75. The zero-order chi connectivity index (χ0) is 20.9. The quantitative estimate of drug-likeness (QED) is 0.553. The third-order valence-electron chi connectivity index (χ3n) is 4.38. The monoisotopic (exact) mass is 414 g/mol. The largest absolute Gasteiger partial charge is 0.493 e. The van der Waals surface area contributed by atoms with E-state index in [4.69, 9.17) is 9.47 Å². The van der Waals surface area contributed by atoms with Crippen molar-refractivity contribution in [1.82, 2.24) is 10.0 Å². The third kappa shape index (κ3) is 4.85. The molecule has 0 bridgehead atoms. The van der Waals surface area contributed by atoms with E-state index in [9.17, 15) is 13.2 Å². The number of rotatable bonds is 8. The Morgan fingerprint density at radius 2 is 1.59 bits per heavy atom. The van der Waals surface area contributed by atoms with Gasteiger partial charge in [-0.15, -0.1) is 0 Å². The second kappa shape index (κ2) is 8.93. The molecule has 0 aromatic heterocycles. The number of carbonyl (C=O) groups is 1. The highest BCUT2D eigenvalue weighted by Gasteiger charge is 2.15. The molecule has 0 saturated heterocycles. The smallest absolute Gasteiger partial charge is 0.251 e. The molecule has 3 aromatic carbocycles. The van der Waals surface area contributed by atoms with Crippen molar-refractivity contribution >= 4 is 26.7 Å². The van der Waals surface area contributed by atoms with Crippen LogP contribution in [-0.4, -0.2) is 41.6 Å². The summed E-state index contributed by atoms with van der Waals surface area (Å²) in [6, 6.07) is 17.3. The molecule has 0 spiro atoms. The number of methoxy groups -OCH3 is 2. The summed E-state index contributed by atoms with van der Waals surface area (Å²) in [6.45, 7) is 0.203. The fourth-order valence-corrected chi connectivity index (χ4v) is 3.93. The van der Waals surface area contributed by atoms with Gasteiger partial charge in [-0.05, 0) is 41.1 Å². The van der Waals surface area contributed by atoms with Crippen LogP contribution >= 0.6 is 0 Å². The fourth-order valence-electron chi connectivity index (χ4n) is 2.86. The highest BCUT2D eigenvalue weighted by molar-refractivity contribution is 7.89. The van der Waals surface area contributed by atoms with E-state index in [2.05, 4.69) is 10.0 Å². The molecule has 3 aromatic rings. The second-order valence-electron chi connectivity index (χ2n) is 6.23. The van der Waals surface area contributed by atoms with Crippen molar-refractivity contribution in [2.45, 2.75) is 4.90 Å². The van der Waals surface area contributed by atoms with Gasteiger partial charge >= 0.3 is 0 Å². The Bertz CT molecular complexity index is 1130. The van der Waals surface area contributed by atoms with Crippen LogP contribution in [0.3, 0.4) is 0 Å². The van der Waals surface area contributed by atoms with Gasteiger partial charge in [0.1, 0.15) is 0 Å². The molecule has 1 amide bonds. The maximum Gasteiger partial charge on any atom is 0.251 e. The number of ether oxygens (including phenoxy) is 2. The minimum atomic E-state index is -3.67. The van der Waals surface area contributed by atoms with Crippen LogP contribution in [0.5, 0.6) is 11.5 Å². The van der Waals surface area contributed by atoms with Crippen molar-refractivity contribution in [1.29, 1.82) is 0 Å². The van der Waals surface area contributed by atoms with Gasteiger partial charge < -0.3 is 14.8 Å². The van der Waals surface area contributed by atoms with Crippen molar-refractivity contribution in [2.24, 2.45) is 0 Å². The zero-order valence-electron chi connectivity index (χ0n) is 16.1. The highest BCUT2D eigenvalue weighted by Crippen LogP contribution is 2.27.